The molecule has 0 bridgehead atoms. The fraction of sp³-hybridized carbons (Fsp3) is 0.273. The third kappa shape index (κ3) is 1.89. The van der Waals surface area contributed by atoms with Crippen molar-refractivity contribution in [3.8, 4) is 0 Å². The van der Waals surface area contributed by atoms with Crippen LogP contribution in [0.4, 0.5) is 0 Å². The van der Waals surface area contributed by atoms with E-state index in [4.69, 9.17) is 5.73 Å². The molecule has 0 radical (unpaired) electrons. The molecule has 15 heavy (non-hydrogen) atoms. The minimum absolute atomic E-state index is 0.200. The summed E-state index contributed by atoms with van der Waals surface area (Å²) in [5, 5.41) is 7.92. The Bertz CT molecular complexity index is 421. The summed E-state index contributed by atoms with van der Waals surface area (Å²) in [7, 11) is 0. The predicted molar refractivity (Wildman–Crippen MR) is 58.2 cm³/mol. The SMILES string of the molecule is CCn1cnnc1C(N)c1ccccc1. The first-order valence-corrected chi connectivity index (χ1v) is 5.01. The lowest BCUT2D eigenvalue weighted by molar-refractivity contribution is 0.656. The van der Waals surface area contributed by atoms with Crippen molar-refractivity contribution in [3.05, 3.63) is 48.0 Å². The van der Waals surface area contributed by atoms with Crippen molar-refractivity contribution in [2.24, 2.45) is 5.73 Å². The average Bonchev–Trinajstić information content (AvgIpc) is 2.77. The van der Waals surface area contributed by atoms with Crippen LogP contribution >= 0.6 is 0 Å². The third-order valence-corrected chi connectivity index (χ3v) is 2.42. The van der Waals surface area contributed by atoms with Gasteiger partial charge in [0, 0.05) is 6.54 Å². The topological polar surface area (TPSA) is 56.7 Å². The molecule has 0 saturated heterocycles. The first kappa shape index (κ1) is 9.86. The highest BCUT2D eigenvalue weighted by atomic mass is 15.3. The van der Waals surface area contributed by atoms with Crippen LogP contribution < -0.4 is 5.73 Å². The number of nitrogens with zero attached hydrogens (tertiary/aromatic N) is 3. The van der Waals surface area contributed by atoms with E-state index in [-0.39, 0.29) is 6.04 Å². The van der Waals surface area contributed by atoms with Gasteiger partial charge in [0.1, 0.15) is 6.33 Å². The van der Waals surface area contributed by atoms with Crippen LogP contribution in [-0.4, -0.2) is 14.8 Å². The summed E-state index contributed by atoms with van der Waals surface area (Å²) < 4.78 is 1.96. The lowest BCUT2D eigenvalue weighted by atomic mass is 10.1. The normalized spacial score (nSPS) is 12.7. The molecule has 1 aromatic carbocycles. The van der Waals surface area contributed by atoms with Crippen LogP contribution in [0.5, 0.6) is 0 Å². The Labute approximate surface area is 88.8 Å². The Morgan fingerprint density at radius 2 is 2.07 bits per heavy atom. The van der Waals surface area contributed by atoms with E-state index in [1.165, 1.54) is 0 Å². The van der Waals surface area contributed by atoms with Gasteiger partial charge in [0.25, 0.3) is 0 Å². The fourth-order valence-corrected chi connectivity index (χ4v) is 1.56. The first-order valence-electron chi connectivity index (χ1n) is 5.01. The molecule has 2 N–H and O–H groups in total. The van der Waals surface area contributed by atoms with Gasteiger partial charge in [0.15, 0.2) is 5.82 Å². The smallest absolute Gasteiger partial charge is 0.154 e. The standard InChI is InChI=1S/C11H14N4/c1-2-15-8-13-14-11(15)10(12)9-6-4-3-5-7-9/h3-8,10H,2,12H2,1H3. The molecule has 0 fully saturated rings. The van der Waals surface area contributed by atoms with Crippen LogP contribution in [0.15, 0.2) is 36.7 Å². The van der Waals surface area contributed by atoms with Crippen LogP contribution in [0, 0.1) is 0 Å². The molecule has 0 aliphatic carbocycles. The molecule has 0 amide bonds. The molecule has 4 nitrogen and oxygen atoms in total. The van der Waals surface area contributed by atoms with Gasteiger partial charge in [-0.2, -0.15) is 0 Å². The minimum atomic E-state index is -0.200. The van der Waals surface area contributed by atoms with Crippen LogP contribution in [0.25, 0.3) is 0 Å². The highest BCUT2D eigenvalue weighted by Crippen LogP contribution is 2.16. The van der Waals surface area contributed by atoms with Crippen molar-refractivity contribution in [2.45, 2.75) is 19.5 Å². The molecule has 1 heterocycles. The maximum absolute atomic E-state index is 6.11. The van der Waals surface area contributed by atoms with E-state index < -0.39 is 0 Å². The third-order valence-electron chi connectivity index (χ3n) is 2.42. The zero-order valence-electron chi connectivity index (χ0n) is 8.67. The Hall–Kier alpha value is -1.68. The molecule has 4 heteroatoms. The van der Waals surface area contributed by atoms with Gasteiger partial charge >= 0.3 is 0 Å². The van der Waals surface area contributed by atoms with Gasteiger partial charge in [-0.05, 0) is 12.5 Å². The molecular formula is C11H14N4. The zero-order chi connectivity index (χ0) is 10.7. The van der Waals surface area contributed by atoms with Crippen LogP contribution in [0.1, 0.15) is 24.4 Å². The van der Waals surface area contributed by atoms with Crippen molar-refractivity contribution < 1.29 is 0 Å². The predicted octanol–water partition coefficient (Wildman–Crippen LogP) is 1.35. The highest BCUT2D eigenvalue weighted by molar-refractivity contribution is 5.23. The van der Waals surface area contributed by atoms with E-state index in [1.54, 1.807) is 6.33 Å². The van der Waals surface area contributed by atoms with Crippen molar-refractivity contribution in [2.75, 3.05) is 0 Å². The number of hydrogen-bond acceptors (Lipinski definition) is 3. The second-order valence-electron chi connectivity index (χ2n) is 3.36. The molecule has 0 saturated carbocycles. The highest BCUT2D eigenvalue weighted by Gasteiger charge is 2.14. The van der Waals surface area contributed by atoms with Crippen LogP contribution in [0.3, 0.4) is 0 Å². The summed E-state index contributed by atoms with van der Waals surface area (Å²) in [6.45, 7) is 2.88. The van der Waals surface area contributed by atoms with Crippen molar-refractivity contribution in [1.82, 2.24) is 14.8 Å². The zero-order valence-corrected chi connectivity index (χ0v) is 8.67. The number of benzene rings is 1. The average molecular weight is 202 g/mol. The monoisotopic (exact) mass is 202 g/mol. The Morgan fingerprint density at radius 3 is 2.73 bits per heavy atom. The second-order valence-corrected chi connectivity index (χ2v) is 3.36. The number of nitrogens with two attached hydrogens (primary N) is 1. The summed E-state index contributed by atoms with van der Waals surface area (Å²) in [5.74, 6) is 0.809. The van der Waals surface area contributed by atoms with Crippen molar-refractivity contribution >= 4 is 0 Å². The molecule has 78 valence electrons. The summed E-state index contributed by atoms with van der Waals surface area (Å²) >= 11 is 0. The van der Waals surface area contributed by atoms with Crippen molar-refractivity contribution in [3.63, 3.8) is 0 Å². The second kappa shape index (κ2) is 4.23. The fourth-order valence-electron chi connectivity index (χ4n) is 1.56. The number of rotatable bonds is 3. The Morgan fingerprint density at radius 1 is 1.33 bits per heavy atom. The quantitative estimate of drug-likeness (QED) is 0.817. The van der Waals surface area contributed by atoms with E-state index in [9.17, 15) is 0 Å². The van der Waals surface area contributed by atoms with Gasteiger partial charge in [0.05, 0.1) is 6.04 Å². The first-order chi connectivity index (χ1) is 7.33. The van der Waals surface area contributed by atoms with Gasteiger partial charge in [-0.1, -0.05) is 30.3 Å². The molecule has 1 aromatic heterocycles. The van der Waals surface area contributed by atoms with Crippen LogP contribution in [0.2, 0.25) is 0 Å². The lowest BCUT2D eigenvalue weighted by Gasteiger charge is -2.11. The van der Waals surface area contributed by atoms with Gasteiger partial charge in [0.2, 0.25) is 0 Å². The lowest BCUT2D eigenvalue weighted by Crippen LogP contribution is -2.17. The maximum Gasteiger partial charge on any atom is 0.154 e. The van der Waals surface area contributed by atoms with Crippen molar-refractivity contribution in [1.29, 1.82) is 0 Å². The Kier molecular flexibility index (Phi) is 2.78. The van der Waals surface area contributed by atoms with Gasteiger partial charge in [-0.15, -0.1) is 10.2 Å². The van der Waals surface area contributed by atoms with Gasteiger partial charge in [-0.3, -0.25) is 0 Å². The summed E-state index contributed by atoms with van der Waals surface area (Å²) in [6.07, 6.45) is 1.71. The molecule has 2 aromatic rings. The molecular weight excluding hydrogens is 188 g/mol. The number of aryl methyl sites for hydroxylation is 1. The number of aromatic nitrogens is 3. The molecule has 1 atom stereocenters. The van der Waals surface area contributed by atoms with E-state index in [0.29, 0.717) is 0 Å². The minimum Gasteiger partial charge on any atom is -0.318 e. The number of hydrogen-bond donors (Lipinski definition) is 1. The molecule has 0 spiro atoms. The van der Waals surface area contributed by atoms with Crippen LogP contribution in [-0.2, 0) is 6.54 Å². The van der Waals surface area contributed by atoms with E-state index in [0.717, 1.165) is 17.9 Å². The maximum atomic E-state index is 6.11. The van der Waals surface area contributed by atoms with Gasteiger partial charge < -0.3 is 10.3 Å². The van der Waals surface area contributed by atoms with E-state index in [1.807, 2.05) is 41.8 Å². The summed E-state index contributed by atoms with van der Waals surface area (Å²) in [5.41, 5.74) is 7.17. The summed E-state index contributed by atoms with van der Waals surface area (Å²) in [4.78, 5) is 0. The molecule has 2 rings (SSSR count). The van der Waals surface area contributed by atoms with Gasteiger partial charge in [-0.25, -0.2) is 0 Å². The molecule has 0 aliphatic rings. The Balaban J connectivity index is 2.32. The largest absolute Gasteiger partial charge is 0.318 e. The summed E-state index contributed by atoms with van der Waals surface area (Å²) in [6, 6.07) is 9.72. The van der Waals surface area contributed by atoms with E-state index in [2.05, 4.69) is 10.2 Å². The molecule has 1 unspecified atom stereocenters. The molecule has 0 aliphatic heterocycles. The van der Waals surface area contributed by atoms with E-state index >= 15 is 0 Å².